The number of aliphatic carboxylic acids is 1. The molecule has 3 aliphatic heterocycles. The SMILES string of the molecule is CC[C@H](O)[C@@H]1C(=O)N2C(C(=O)O)=C(SC3CN[C@H](C(=O)N(C)C)C3)S[C@H]12. The zero-order valence-electron chi connectivity index (χ0n) is 14.8. The van der Waals surface area contributed by atoms with Crippen LogP contribution in [0.4, 0.5) is 0 Å². The molecule has 0 spiro atoms. The van der Waals surface area contributed by atoms with Gasteiger partial charge in [0, 0.05) is 25.9 Å². The highest BCUT2D eigenvalue weighted by atomic mass is 32.2. The Labute approximate surface area is 160 Å². The molecule has 0 bridgehead atoms. The van der Waals surface area contributed by atoms with Crippen LogP contribution in [0.1, 0.15) is 19.8 Å². The summed E-state index contributed by atoms with van der Waals surface area (Å²) in [4.78, 5) is 39.0. The van der Waals surface area contributed by atoms with Crippen LogP contribution in [-0.2, 0) is 14.4 Å². The van der Waals surface area contributed by atoms with E-state index in [1.807, 2.05) is 0 Å². The lowest BCUT2D eigenvalue weighted by molar-refractivity contribution is -0.157. The smallest absolute Gasteiger partial charge is 0.354 e. The minimum Gasteiger partial charge on any atom is -0.477 e. The molecule has 5 atom stereocenters. The first-order valence-electron chi connectivity index (χ1n) is 8.52. The number of rotatable bonds is 6. The summed E-state index contributed by atoms with van der Waals surface area (Å²) in [6, 6.07) is -0.267. The lowest BCUT2D eigenvalue weighted by Crippen LogP contribution is -2.61. The number of nitrogens with zero attached hydrogens (tertiary/aromatic N) is 2. The first kappa shape index (κ1) is 19.5. The van der Waals surface area contributed by atoms with Crippen molar-refractivity contribution in [3.63, 3.8) is 0 Å². The van der Waals surface area contributed by atoms with Gasteiger partial charge in [0.2, 0.25) is 11.8 Å². The van der Waals surface area contributed by atoms with Gasteiger partial charge in [-0.1, -0.05) is 18.7 Å². The Morgan fingerprint density at radius 3 is 2.73 bits per heavy atom. The van der Waals surface area contributed by atoms with E-state index in [4.69, 9.17) is 0 Å². The summed E-state index contributed by atoms with van der Waals surface area (Å²) in [6.45, 7) is 2.40. The molecule has 26 heavy (non-hydrogen) atoms. The van der Waals surface area contributed by atoms with Gasteiger partial charge in [0.25, 0.3) is 0 Å². The summed E-state index contributed by atoms with van der Waals surface area (Å²) in [5, 5.41) is 22.5. The summed E-state index contributed by atoms with van der Waals surface area (Å²) < 4.78 is 0.589. The molecule has 144 valence electrons. The molecular weight excluding hydrogens is 378 g/mol. The molecule has 0 radical (unpaired) electrons. The number of β-lactam (4-membered cyclic amide) rings is 1. The van der Waals surface area contributed by atoms with Gasteiger partial charge in [0.05, 0.1) is 22.3 Å². The fourth-order valence-corrected chi connectivity index (χ4v) is 6.71. The number of likely N-dealkylation sites (N-methyl/N-ethyl adjacent to an activating group) is 1. The van der Waals surface area contributed by atoms with Crippen molar-refractivity contribution in [3.8, 4) is 0 Å². The number of aliphatic hydroxyl groups is 1. The first-order chi connectivity index (χ1) is 12.3. The van der Waals surface area contributed by atoms with Crippen LogP contribution in [0.3, 0.4) is 0 Å². The number of carboxylic acids is 1. The zero-order valence-corrected chi connectivity index (χ0v) is 16.5. The Hall–Kier alpha value is -1.23. The van der Waals surface area contributed by atoms with E-state index < -0.39 is 18.0 Å². The minimum absolute atomic E-state index is 0.00439. The maximum atomic E-state index is 12.3. The van der Waals surface area contributed by atoms with Gasteiger partial charge in [-0.05, 0) is 12.8 Å². The number of fused-ring (bicyclic) bond motifs is 1. The summed E-state index contributed by atoms with van der Waals surface area (Å²) in [5.74, 6) is -2.01. The monoisotopic (exact) mass is 401 g/mol. The number of hydrogen-bond donors (Lipinski definition) is 3. The second-order valence-electron chi connectivity index (χ2n) is 6.83. The third-order valence-electron chi connectivity index (χ3n) is 4.88. The predicted molar refractivity (Wildman–Crippen MR) is 99.2 cm³/mol. The molecule has 0 aromatic rings. The molecule has 10 heteroatoms. The fourth-order valence-electron chi connectivity index (χ4n) is 3.44. The first-order valence-corrected chi connectivity index (χ1v) is 10.3. The van der Waals surface area contributed by atoms with Crippen molar-refractivity contribution >= 4 is 41.3 Å². The average Bonchev–Trinajstić information content (AvgIpc) is 3.17. The van der Waals surface area contributed by atoms with Crippen LogP contribution in [-0.4, -0.2) is 81.2 Å². The molecular formula is C16H23N3O5S2. The predicted octanol–water partition coefficient (Wildman–Crippen LogP) is 0.0942. The largest absolute Gasteiger partial charge is 0.477 e. The molecule has 0 saturated carbocycles. The van der Waals surface area contributed by atoms with Crippen molar-refractivity contribution in [2.45, 2.75) is 42.5 Å². The van der Waals surface area contributed by atoms with Crippen molar-refractivity contribution in [3.05, 3.63) is 9.93 Å². The van der Waals surface area contributed by atoms with Crippen molar-refractivity contribution in [1.82, 2.24) is 15.1 Å². The number of nitrogens with one attached hydrogen (secondary N) is 1. The quantitative estimate of drug-likeness (QED) is 0.538. The number of carboxylic acid groups (broad SMARTS) is 1. The molecule has 2 fully saturated rings. The highest BCUT2D eigenvalue weighted by molar-refractivity contribution is 8.23. The lowest BCUT2D eigenvalue weighted by atomic mass is 9.90. The number of carbonyl (C=O) groups is 3. The highest BCUT2D eigenvalue weighted by Crippen LogP contribution is 2.55. The third-order valence-corrected chi connectivity index (χ3v) is 7.71. The van der Waals surface area contributed by atoms with E-state index in [2.05, 4.69) is 5.32 Å². The Bertz CT molecular complexity index is 668. The standard InChI is InChI=1S/C16H23N3O5S2/c1-4-9(20)10-13(22)19-11(15(23)24)16(26-14(10)19)25-7-5-8(17-6-7)12(21)18(2)3/h7-10,14,17,20H,4-6H2,1-3H3,(H,23,24)/t7?,8-,9-,10+,14+/m0/s1. The fraction of sp³-hybridized carbons (Fsp3) is 0.688. The van der Waals surface area contributed by atoms with E-state index in [-0.39, 0.29) is 34.2 Å². The van der Waals surface area contributed by atoms with Crippen LogP contribution >= 0.6 is 23.5 Å². The molecule has 3 aliphatic rings. The second-order valence-corrected chi connectivity index (χ2v) is 9.52. The Balaban J connectivity index is 1.71. The summed E-state index contributed by atoms with van der Waals surface area (Å²) >= 11 is 2.75. The number of thioether (sulfide) groups is 2. The number of carbonyl (C=O) groups excluding carboxylic acids is 2. The Morgan fingerprint density at radius 1 is 1.46 bits per heavy atom. The average molecular weight is 402 g/mol. The molecule has 2 saturated heterocycles. The molecule has 0 aromatic carbocycles. The summed E-state index contributed by atoms with van der Waals surface area (Å²) in [6.07, 6.45) is 0.302. The van der Waals surface area contributed by atoms with Crippen molar-refractivity contribution < 1.29 is 24.6 Å². The number of aliphatic hydroxyl groups excluding tert-OH is 1. The van der Waals surface area contributed by atoms with E-state index >= 15 is 0 Å². The highest BCUT2D eigenvalue weighted by Gasteiger charge is 2.58. The second kappa shape index (κ2) is 7.41. The van der Waals surface area contributed by atoms with Gasteiger partial charge >= 0.3 is 5.97 Å². The van der Waals surface area contributed by atoms with Crippen molar-refractivity contribution in [2.75, 3.05) is 20.6 Å². The zero-order chi connectivity index (χ0) is 19.2. The maximum absolute atomic E-state index is 12.3. The molecule has 1 unspecified atom stereocenters. The van der Waals surface area contributed by atoms with Gasteiger partial charge in [-0.2, -0.15) is 0 Å². The molecule has 0 aromatic heterocycles. The van der Waals surface area contributed by atoms with E-state index in [0.717, 1.165) is 0 Å². The molecule has 3 rings (SSSR count). The normalized spacial score (nSPS) is 31.7. The van der Waals surface area contributed by atoms with Gasteiger partial charge in [0.1, 0.15) is 5.37 Å². The minimum atomic E-state index is -1.13. The van der Waals surface area contributed by atoms with E-state index in [0.29, 0.717) is 23.6 Å². The van der Waals surface area contributed by atoms with Gasteiger partial charge in [-0.15, -0.1) is 11.8 Å². The van der Waals surface area contributed by atoms with Gasteiger partial charge in [0.15, 0.2) is 5.70 Å². The van der Waals surface area contributed by atoms with Crippen LogP contribution < -0.4 is 5.32 Å². The maximum Gasteiger partial charge on any atom is 0.354 e. The van der Waals surface area contributed by atoms with Gasteiger partial charge in [-0.3, -0.25) is 14.5 Å². The third kappa shape index (κ3) is 3.23. The molecule has 8 nitrogen and oxygen atoms in total. The van der Waals surface area contributed by atoms with E-state index in [1.54, 1.807) is 21.0 Å². The van der Waals surface area contributed by atoms with E-state index in [1.165, 1.54) is 33.3 Å². The van der Waals surface area contributed by atoms with Crippen molar-refractivity contribution in [2.24, 2.45) is 5.92 Å². The Kier molecular flexibility index (Phi) is 5.57. The summed E-state index contributed by atoms with van der Waals surface area (Å²) in [5.41, 5.74) is 0.0111. The topological polar surface area (TPSA) is 110 Å². The van der Waals surface area contributed by atoms with E-state index in [9.17, 15) is 24.6 Å². The lowest BCUT2D eigenvalue weighted by Gasteiger charge is -2.44. The van der Waals surface area contributed by atoms with Gasteiger partial charge < -0.3 is 20.4 Å². The Morgan fingerprint density at radius 2 is 2.15 bits per heavy atom. The molecule has 3 heterocycles. The molecule has 3 N–H and O–H groups in total. The number of hydrogen-bond acceptors (Lipinski definition) is 7. The van der Waals surface area contributed by atoms with Crippen LogP contribution in [0, 0.1) is 5.92 Å². The number of amides is 2. The summed E-state index contributed by atoms with van der Waals surface area (Å²) in [7, 11) is 3.41. The van der Waals surface area contributed by atoms with Crippen LogP contribution in [0.5, 0.6) is 0 Å². The molecule has 2 amide bonds. The molecule has 0 aliphatic carbocycles. The van der Waals surface area contributed by atoms with Crippen LogP contribution in [0.25, 0.3) is 0 Å². The van der Waals surface area contributed by atoms with Crippen LogP contribution in [0.2, 0.25) is 0 Å². The van der Waals surface area contributed by atoms with Crippen LogP contribution in [0.15, 0.2) is 9.93 Å². The van der Waals surface area contributed by atoms with Crippen molar-refractivity contribution in [1.29, 1.82) is 0 Å². The van der Waals surface area contributed by atoms with Gasteiger partial charge in [-0.25, -0.2) is 4.79 Å².